The zero-order valence-electron chi connectivity index (χ0n) is 7.11. The van der Waals surface area contributed by atoms with Crippen LogP contribution in [0.25, 0.3) is 10.9 Å². The summed E-state index contributed by atoms with van der Waals surface area (Å²) in [4.78, 5) is 15.3. The molecule has 1 aromatic heterocycles. The topological polar surface area (TPSA) is 39.2 Å². The normalized spacial score (nSPS) is 10.1. The number of nitrogens with zero attached hydrogens (tertiary/aromatic N) is 1. The van der Waals surface area contributed by atoms with Gasteiger partial charge in [0.25, 0.3) is 0 Å². The van der Waals surface area contributed by atoms with Crippen molar-refractivity contribution in [2.24, 2.45) is 0 Å². The molecule has 1 aromatic carbocycles. The van der Waals surface area contributed by atoms with Gasteiger partial charge in [0.15, 0.2) is 0 Å². The van der Waals surface area contributed by atoms with E-state index in [2.05, 4.69) is 9.27 Å². The predicted molar refractivity (Wildman–Crippen MR) is 53.0 cm³/mol. The molecule has 2 aromatic rings. The molecular formula is C10H6ClNO2. The summed E-state index contributed by atoms with van der Waals surface area (Å²) in [7, 11) is 0. The van der Waals surface area contributed by atoms with Gasteiger partial charge >= 0.3 is 5.97 Å². The van der Waals surface area contributed by atoms with Crippen molar-refractivity contribution in [2.75, 3.05) is 0 Å². The van der Waals surface area contributed by atoms with Crippen LogP contribution in [-0.2, 0) is 4.29 Å². The highest BCUT2D eigenvalue weighted by atomic mass is 35.5. The maximum Gasteiger partial charge on any atom is 0.358 e. The van der Waals surface area contributed by atoms with E-state index < -0.39 is 5.97 Å². The van der Waals surface area contributed by atoms with Gasteiger partial charge in [0, 0.05) is 11.6 Å². The molecule has 0 N–H and O–H groups in total. The molecule has 14 heavy (non-hydrogen) atoms. The number of para-hydroxylation sites is 1. The van der Waals surface area contributed by atoms with Gasteiger partial charge in [0.2, 0.25) is 0 Å². The van der Waals surface area contributed by atoms with Gasteiger partial charge in [-0.25, -0.2) is 4.79 Å². The molecule has 0 unspecified atom stereocenters. The molecule has 2 rings (SSSR count). The Hall–Kier alpha value is -1.61. The van der Waals surface area contributed by atoms with Gasteiger partial charge < -0.3 is 4.29 Å². The molecule has 0 aliphatic heterocycles. The molecule has 0 fully saturated rings. The Bertz CT molecular complexity index is 479. The fourth-order valence-corrected chi connectivity index (χ4v) is 1.39. The standard InChI is InChI=1S/C10H6ClNO2/c11-14-10(13)8-5-1-3-7-4-2-6-12-9(7)8/h1-6H. The minimum atomic E-state index is -0.587. The number of aromatic nitrogens is 1. The molecule has 0 saturated heterocycles. The van der Waals surface area contributed by atoms with E-state index in [9.17, 15) is 4.79 Å². The van der Waals surface area contributed by atoms with Crippen LogP contribution in [0.4, 0.5) is 0 Å². The number of halogens is 1. The number of carbonyl (C=O) groups excluding carboxylic acids is 1. The lowest BCUT2D eigenvalue weighted by atomic mass is 10.1. The van der Waals surface area contributed by atoms with E-state index in [0.717, 1.165) is 5.39 Å². The smallest absolute Gasteiger partial charge is 0.343 e. The SMILES string of the molecule is O=C(OCl)c1cccc2cccnc12. The first-order chi connectivity index (χ1) is 6.83. The van der Waals surface area contributed by atoms with E-state index in [-0.39, 0.29) is 0 Å². The second-order valence-corrected chi connectivity index (χ2v) is 2.90. The number of benzene rings is 1. The zero-order valence-corrected chi connectivity index (χ0v) is 7.86. The fraction of sp³-hybridized carbons (Fsp3) is 0. The molecule has 0 saturated carbocycles. The van der Waals surface area contributed by atoms with Crippen LogP contribution in [0, 0.1) is 0 Å². The summed E-state index contributed by atoms with van der Waals surface area (Å²) in [5, 5.41) is 0.882. The van der Waals surface area contributed by atoms with Crippen molar-refractivity contribution in [3.63, 3.8) is 0 Å². The lowest BCUT2D eigenvalue weighted by molar-refractivity contribution is 0.0753. The Morgan fingerprint density at radius 2 is 2.07 bits per heavy atom. The summed E-state index contributed by atoms with van der Waals surface area (Å²) >= 11 is 5.01. The Morgan fingerprint density at radius 3 is 2.86 bits per heavy atom. The summed E-state index contributed by atoms with van der Waals surface area (Å²) in [6.07, 6.45) is 1.62. The number of carbonyl (C=O) groups is 1. The second kappa shape index (κ2) is 3.64. The quantitative estimate of drug-likeness (QED) is 0.722. The Morgan fingerprint density at radius 1 is 1.29 bits per heavy atom. The maximum absolute atomic E-state index is 11.2. The van der Waals surface area contributed by atoms with Gasteiger partial charge in [0.1, 0.15) is 11.9 Å². The van der Waals surface area contributed by atoms with Gasteiger partial charge in [-0.1, -0.05) is 18.2 Å². The first-order valence-corrected chi connectivity index (χ1v) is 4.30. The molecule has 1 heterocycles. The molecular weight excluding hydrogens is 202 g/mol. The third-order valence-corrected chi connectivity index (χ3v) is 2.06. The Labute approximate surface area is 85.4 Å². The van der Waals surface area contributed by atoms with Crippen molar-refractivity contribution < 1.29 is 9.08 Å². The predicted octanol–water partition coefficient (Wildman–Crippen LogP) is 2.55. The highest BCUT2D eigenvalue weighted by molar-refractivity contribution is 6.17. The van der Waals surface area contributed by atoms with E-state index in [0.29, 0.717) is 11.1 Å². The van der Waals surface area contributed by atoms with E-state index >= 15 is 0 Å². The Kier molecular flexibility index (Phi) is 2.33. The largest absolute Gasteiger partial charge is 0.358 e. The van der Waals surface area contributed by atoms with Crippen molar-refractivity contribution in [1.29, 1.82) is 0 Å². The van der Waals surface area contributed by atoms with Gasteiger partial charge in [-0.2, -0.15) is 0 Å². The third-order valence-electron chi connectivity index (χ3n) is 1.92. The highest BCUT2D eigenvalue weighted by Gasteiger charge is 2.10. The lowest BCUT2D eigenvalue weighted by Crippen LogP contribution is -1.99. The molecule has 0 aliphatic rings. The van der Waals surface area contributed by atoms with E-state index in [1.807, 2.05) is 12.1 Å². The lowest BCUT2D eigenvalue weighted by Gasteiger charge is -2.00. The molecule has 3 nitrogen and oxygen atoms in total. The van der Waals surface area contributed by atoms with Gasteiger partial charge in [0.05, 0.1) is 11.1 Å². The summed E-state index contributed by atoms with van der Waals surface area (Å²) in [5.74, 6) is -0.587. The van der Waals surface area contributed by atoms with Gasteiger partial charge in [-0.05, 0) is 12.1 Å². The van der Waals surface area contributed by atoms with E-state index in [1.54, 1.807) is 24.4 Å². The van der Waals surface area contributed by atoms with Crippen LogP contribution in [-0.4, -0.2) is 11.0 Å². The van der Waals surface area contributed by atoms with Gasteiger partial charge in [-0.3, -0.25) is 4.98 Å². The summed E-state index contributed by atoms with van der Waals surface area (Å²) in [6, 6.07) is 8.92. The van der Waals surface area contributed by atoms with Crippen molar-refractivity contribution in [3.05, 3.63) is 42.1 Å². The minimum absolute atomic E-state index is 0.373. The van der Waals surface area contributed by atoms with Crippen LogP contribution in [0.1, 0.15) is 10.4 Å². The summed E-state index contributed by atoms with van der Waals surface area (Å²) < 4.78 is 4.14. The van der Waals surface area contributed by atoms with E-state index in [1.165, 1.54) is 0 Å². The van der Waals surface area contributed by atoms with E-state index in [4.69, 9.17) is 11.9 Å². The number of pyridine rings is 1. The van der Waals surface area contributed by atoms with Crippen LogP contribution < -0.4 is 0 Å². The third kappa shape index (κ3) is 1.42. The number of rotatable bonds is 1. The molecule has 0 aliphatic carbocycles. The molecule has 0 amide bonds. The number of fused-ring (bicyclic) bond motifs is 1. The minimum Gasteiger partial charge on any atom is -0.343 e. The van der Waals surface area contributed by atoms with Crippen molar-refractivity contribution in [3.8, 4) is 0 Å². The van der Waals surface area contributed by atoms with Gasteiger partial charge in [-0.15, -0.1) is 0 Å². The molecule has 0 bridgehead atoms. The van der Waals surface area contributed by atoms with Crippen LogP contribution in [0.15, 0.2) is 36.5 Å². The van der Waals surface area contributed by atoms with Crippen molar-refractivity contribution in [1.82, 2.24) is 4.98 Å². The van der Waals surface area contributed by atoms with Crippen LogP contribution in [0.3, 0.4) is 0 Å². The van der Waals surface area contributed by atoms with Crippen molar-refractivity contribution in [2.45, 2.75) is 0 Å². The monoisotopic (exact) mass is 207 g/mol. The maximum atomic E-state index is 11.2. The summed E-state index contributed by atoms with van der Waals surface area (Å²) in [6.45, 7) is 0. The fourth-order valence-electron chi connectivity index (χ4n) is 1.31. The molecule has 0 atom stereocenters. The molecule has 4 heteroatoms. The molecule has 0 spiro atoms. The zero-order chi connectivity index (χ0) is 9.97. The Balaban J connectivity index is 2.71. The molecule has 0 radical (unpaired) electrons. The van der Waals surface area contributed by atoms with Crippen LogP contribution >= 0.6 is 11.9 Å². The second-order valence-electron chi connectivity index (χ2n) is 2.75. The first-order valence-electron chi connectivity index (χ1n) is 3.99. The van der Waals surface area contributed by atoms with Crippen LogP contribution in [0.5, 0.6) is 0 Å². The average Bonchev–Trinajstić information content (AvgIpc) is 2.27. The number of hydrogen-bond acceptors (Lipinski definition) is 3. The first kappa shape index (κ1) is 8.97. The van der Waals surface area contributed by atoms with Crippen molar-refractivity contribution >= 4 is 28.7 Å². The molecule has 70 valence electrons. The number of hydrogen-bond donors (Lipinski definition) is 0. The highest BCUT2D eigenvalue weighted by Crippen LogP contribution is 2.16. The van der Waals surface area contributed by atoms with Crippen LogP contribution in [0.2, 0.25) is 0 Å². The summed E-state index contributed by atoms with van der Waals surface area (Å²) in [5.41, 5.74) is 0.971. The average molecular weight is 208 g/mol.